The van der Waals surface area contributed by atoms with Gasteiger partial charge in [-0.05, 0) is 24.3 Å². The van der Waals surface area contributed by atoms with E-state index in [4.69, 9.17) is 4.74 Å². The first-order valence-corrected chi connectivity index (χ1v) is 6.56. The number of nitrogens with zero attached hydrogens (tertiary/aromatic N) is 1. The molecule has 6 heteroatoms. The molecule has 0 fully saturated rings. The summed E-state index contributed by atoms with van der Waals surface area (Å²) in [7, 11) is 1.55. The van der Waals surface area contributed by atoms with Crippen LogP contribution in [0, 0.1) is 11.6 Å². The van der Waals surface area contributed by atoms with Gasteiger partial charge in [-0.15, -0.1) is 0 Å². The molecule has 102 valence electrons. The summed E-state index contributed by atoms with van der Waals surface area (Å²) < 4.78 is 33.3. The van der Waals surface area contributed by atoms with Crippen molar-refractivity contribution in [1.82, 2.24) is 9.97 Å². The number of hydrogen-bond acceptors (Lipinski definition) is 2. The number of hydrogen-bond donors (Lipinski definition) is 1. The maximum atomic E-state index is 13.9. The number of benzene rings is 2. The van der Waals surface area contributed by atoms with Crippen LogP contribution in [-0.2, 0) is 0 Å². The topological polar surface area (TPSA) is 37.9 Å². The standard InChI is InChI=1S/C14H9BrF2N2O/c1-20-8-2-3-11-12(6-8)19-14(18-11)13-9(16)4-7(15)5-10(13)17/h2-6H,1H3,(H,18,19). The summed E-state index contributed by atoms with van der Waals surface area (Å²) in [5.74, 6) is -0.564. The molecule has 2 aromatic carbocycles. The summed E-state index contributed by atoms with van der Waals surface area (Å²) in [6, 6.07) is 7.59. The Morgan fingerprint density at radius 2 is 1.85 bits per heavy atom. The summed E-state index contributed by atoms with van der Waals surface area (Å²) in [4.78, 5) is 7.10. The summed E-state index contributed by atoms with van der Waals surface area (Å²) in [5, 5.41) is 0. The molecule has 0 radical (unpaired) electrons. The number of halogens is 3. The van der Waals surface area contributed by atoms with E-state index in [0.29, 0.717) is 21.3 Å². The molecule has 0 amide bonds. The molecular formula is C14H9BrF2N2O. The lowest BCUT2D eigenvalue weighted by Crippen LogP contribution is -1.92. The molecule has 3 nitrogen and oxygen atoms in total. The highest BCUT2D eigenvalue weighted by Crippen LogP contribution is 2.29. The first-order valence-electron chi connectivity index (χ1n) is 5.77. The number of imidazole rings is 1. The third-order valence-corrected chi connectivity index (χ3v) is 3.39. The van der Waals surface area contributed by atoms with Crippen LogP contribution in [0.1, 0.15) is 0 Å². The van der Waals surface area contributed by atoms with Crippen LogP contribution >= 0.6 is 15.9 Å². The molecule has 3 rings (SSSR count). The smallest absolute Gasteiger partial charge is 0.144 e. The van der Waals surface area contributed by atoms with Gasteiger partial charge in [0.25, 0.3) is 0 Å². The van der Waals surface area contributed by atoms with Crippen molar-refractivity contribution in [1.29, 1.82) is 0 Å². The van der Waals surface area contributed by atoms with Crippen molar-refractivity contribution in [2.24, 2.45) is 0 Å². The molecule has 0 aliphatic carbocycles. The Kier molecular flexibility index (Phi) is 3.17. The number of H-pyrrole nitrogens is 1. The first-order chi connectivity index (χ1) is 9.58. The highest BCUT2D eigenvalue weighted by Gasteiger charge is 2.16. The maximum absolute atomic E-state index is 13.9. The minimum absolute atomic E-state index is 0.149. The van der Waals surface area contributed by atoms with Crippen LogP contribution in [0.25, 0.3) is 22.4 Å². The Bertz CT molecular complexity index is 778. The molecular weight excluding hydrogens is 330 g/mol. The fraction of sp³-hybridized carbons (Fsp3) is 0.0714. The molecule has 0 unspecified atom stereocenters. The van der Waals surface area contributed by atoms with Crippen molar-refractivity contribution in [2.45, 2.75) is 0 Å². The van der Waals surface area contributed by atoms with E-state index in [9.17, 15) is 8.78 Å². The van der Waals surface area contributed by atoms with Gasteiger partial charge in [-0.2, -0.15) is 0 Å². The Balaban J connectivity index is 2.20. The first kappa shape index (κ1) is 13.1. The molecule has 0 aliphatic rings. The molecule has 0 bridgehead atoms. The van der Waals surface area contributed by atoms with E-state index in [2.05, 4.69) is 25.9 Å². The van der Waals surface area contributed by atoms with E-state index >= 15 is 0 Å². The Morgan fingerprint density at radius 3 is 2.50 bits per heavy atom. The van der Waals surface area contributed by atoms with Crippen molar-refractivity contribution >= 4 is 27.0 Å². The molecule has 1 N–H and O–H groups in total. The zero-order valence-electron chi connectivity index (χ0n) is 10.4. The molecule has 0 aliphatic heterocycles. The van der Waals surface area contributed by atoms with Gasteiger partial charge in [0.1, 0.15) is 23.2 Å². The predicted octanol–water partition coefficient (Wildman–Crippen LogP) is 4.28. The van der Waals surface area contributed by atoms with Gasteiger partial charge in [-0.3, -0.25) is 0 Å². The van der Waals surface area contributed by atoms with Crippen molar-refractivity contribution in [3.05, 3.63) is 46.4 Å². The number of aromatic nitrogens is 2. The molecule has 1 aromatic heterocycles. The van der Waals surface area contributed by atoms with Crippen molar-refractivity contribution < 1.29 is 13.5 Å². The lowest BCUT2D eigenvalue weighted by atomic mass is 10.2. The van der Waals surface area contributed by atoms with Crippen LogP contribution in [0.4, 0.5) is 8.78 Å². The lowest BCUT2D eigenvalue weighted by Gasteiger charge is -2.02. The van der Waals surface area contributed by atoms with Crippen LogP contribution in [0.15, 0.2) is 34.8 Å². The summed E-state index contributed by atoms with van der Waals surface area (Å²) >= 11 is 3.05. The number of methoxy groups -OCH3 is 1. The SMILES string of the molecule is COc1ccc2nc(-c3c(F)cc(Br)cc3F)[nH]c2c1. The number of nitrogens with one attached hydrogen (secondary N) is 1. The molecule has 0 saturated carbocycles. The van der Waals surface area contributed by atoms with Crippen LogP contribution in [0.2, 0.25) is 0 Å². The fourth-order valence-corrected chi connectivity index (χ4v) is 2.40. The van der Waals surface area contributed by atoms with Gasteiger partial charge < -0.3 is 9.72 Å². The van der Waals surface area contributed by atoms with Gasteiger partial charge in [-0.25, -0.2) is 13.8 Å². The number of aromatic amines is 1. The van der Waals surface area contributed by atoms with Crippen LogP contribution in [0.5, 0.6) is 5.75 Å². The zero-order valence-corrected chi connectivity index (χ0v) is 12.0. The Labute approximate surface area is 121 Å². The van der Waals surface area contributed by atoms with Gasteiger partial charge in [0.2, 0.25) is 0 Å². The van der Waals surface area contributed by atoms with Crippen molar-refractivity contribution in [3.8, 4) is 17.1 Å². The van der Waals surface area contributed by atoms with Gasteiger partial charge >= 0.3 is 0 Å². The van der Waals surface area contributed by atoms with Crippen molar-refractivity contribution in [3.63, 3.8) is 0 Å². The molecule has 1 heterocycles. The second-order valence-electron chi connectivity index (χ2n) is 4.21. The predicted molar refractivity (Wildman–Crippen MR) is 75.7 cm³/mol. The minimum Gasteiger partial charge on any atom is -0.497 e. The van der Waals surface area contributed by atoms with Gasteiger partial charge in [0.05, 0.1) is 23.7 Å². The molecule has 0 saturated heterocycles. The number of fused-ring (bicyclic) bond motifs is 1. The highest BCUT2D eigenvalue weighted by atomic mass is 79.9. The summed E-state index contributed by atoms with van der Waals surface area (Å²) in [5.41, 5.74) is 1.09. The molecule has 0 atom stereocenters. The Hall–Kier alpha value is -1.95. The highest BCUT2D eigenvalue weighted by molar-refractivity contribution is 9.10. The maximum Gasteiger partial charge on any atom is 0.144 e. The Morgan fingerprint density at radius 1 is 1.15 bits per heavy atom. The van der Waals surface area contributed by atoms with Crippen molar-refractivity contribution in [2.75, 3.05) is 7.11 Å². The van der Waals surface area contributed by atoms with E-state index in [-0.39, 0.29) is 11.4 Å². The zero-order chi connectivity index (χ0) is 14.3. The van der Waals surface area contributed by atoms with Gasteiger partial charge in [0, 0.05) is 10.5 Å². The minimum atomic E-state index is -0.678. The monoisotopic (exact) mass is 338 g/mol. The third-order valence-electron chi connectivity index (χ3n) is 2.93. The van der Waals surface area contributed by atoms with Gasteiger partial charge in [0.15, 0.2) is 0 Å². The lowest BCUT2D eigenvalue weighted by molar-refractivity contribution is 0.415. The van der Waals surface area contributed by atoms with E-state index in [1.54, 1.807) is 25.3 Å². The van der Waals surface area contributed by atoms with Crippen LogP contribution in [-0.4, -0.2) is 17.1 Å². The molecule has 3 aromatic rings. The number of rotatable bonds is 2. The van der Waals surface area contributed by atoms with E-state index in [1.807, 2.05) is 0 Å². The largest absolute Gasteiger partial charge is 0.497 e. The quantitative estimate of drug-likeness (QED) is 0.757. The van der Waals surface area contributed by atoms with E-state index in [1.165, 1.54) is 12.1 Å². The third kappa shape index (κ3) is 2.16. The number of ether oxygens (including phenoxy) is 1. The second-order valence-corrected chi connectivity index (χ2v) is 5.13. The fourth-order valence-electron chi connectivity index (χ4n) is 2.00. The molecule has 0 spiro atoms. The summed E-state index contributed by atoms with van der Waals surface area (Å²) in [6.07, 6.45) is 0. The van der Waals surface area contributed by atoms with Crippen LogP contribution < -0.4 is 4.74 Å². The normalized spacial score (nSPS) is 11.0. The molecule has 20 heavy (non-hydrogen) atoms. The van der Waals surface area contributed by atoms with E-state index < -0.39 is 11.6 Å². The van der Waals surface area contributed by atoms with Crippen LogP contribution in [0.3, 0.4) is 0 Å². The average Bonchev–Trinajstić information content (AvgIpc) is 2.79. The second kappa shape index (κ2) is 4.86. The summed E-state index contributed by atoms with van der Waals surface area (Å²) in [6.45, 7) is 0. The van der Waals surface area contributed by atoms with E-state index in [0.717, 1.165) is 0 Å². The average molecular weight is 339 g/mol. The van der Waals surface area contributed by atoms with Gasteiger partial charge in [-0.1, -0.05) is 15.9 Å².